The highest BCUT2D eigenvalue weighted by Gasteiger charge is 2.28. The van der Waals surface area contributed by atoms with Gasteiger partial charge in [0.25, 0.3) is 5.91 Å². The van der Waals surface area contributed by atoms with Crippen LogP contribution in [0.2, 0.25) is 0 Å². The molecule has 1 atom stereocenters. The van der Waals surface area contributed by atoms with Gasteiger partial charge < -0.3 is 10.3 Å². The molecule has 20 heavy (non-hydrogen) atoms. The molecule has 0 radical (unpaired) electrons. The molecular weight excluding hydrogens is 252 g/mol. The van der Waals surface area contributed by atoms with E-state index in [0.29, 0.717) is 17.4 Å². The van der Waals surface area contributed by atoms with E-state index in [9.17, 15) is 4.79 Å². The van der Waals surface area contributed by atoms with Gasteiger partial charge in [-0.05, 0) is 37.8 Å². The van der Waals surface area contributed by atoms with E-state index in [1.54, 1.807) is 6.07 Å². The highest BCUT2D eigenvalue weighted by molar-refractivity contribution is 5.95. The summed E-state index contributed by atoms with van der Waals surface area (Å²) in [7, 11) is 0. The molecule has 0 aromatic carbocycles. The Hall–Kier alpha value is -1.62. The Morgan fingerprint density at radius 3 is 2.95 bits per heavy atom. The molecule has 1 aromatic rings. The zero-order chi connectivity index (χ0) is 14.5. The third kappa shape index (κ3) is 3.10. The predicted octanol–water partition coefficient (Wildman–Crippen LogP) is 2.33. The minimum absolute atomic E-state index is 0.102. The quantitative estimate of drug-likeness (QED) is 0.639. The lowest BCUT2D eigenvalue weighted by Gasteiger charge is -2.24. The molecule has 5 heteroatoms. The van der Waals surface area contributed by atoms with Crippen molar-refractivity contribution in [3.05, 3.63) is 23.4 Å². The molecule has 1 aliphatic rings. The van der Waals surface area contributed by atoms with Gasteiger partial charge in [0, 0.05) is 23.8 Å². The number of amides is 1. The fraction of sp³-hybridized carbons (Fsp3) is 0.600. The van der Waals surface area contributed by atoms with Crippen LogP contribution in [0, 0.1) is 0 Å². The van der Waals surface area contributed by atoms with Crippen molar-refractivity contribution in [3.63, 3.8) is 0 Å². The molecule has 1 unspecified atom stereocenters. The number of carbonyl (C=O) groups excluding carboxylic acids is 1. The van der Waals surface area contributed by atoms with Crippen LogP contribution < -0.4 is 11.3 Å². The Bertz CT molecular complexity index is 475. The lowest BCUT2D eigenvalue weighted by atomic mass is 10.1. The molecule has 1 fully saturated rings. The Labute approximate surface area is 120 Å². The Morgan fingerprint density at radius 1 is 1.50 bits per heavy atom. The molecule has 2 heterocycles. The summed E-state index contributed by atoms with van der Waals surface area (Å²) in [6.45, 7) is 5.09. The van der Waals surface area contributed by atoms with Gasteiger partial charge in [-0.1, -0.05) is 20.3 Å². The SMILES string of the molecule is CCCc1cc(C(=O)N2CCCC2CC)cc(NN)n1. The van der Waals surface area contributed by atoms with Gasteiger partial charge in [0.2, 0.25) is 0 Å². The number of nitrogens with two attached hydrogens (primary N) is 1. The van der Waals surface area contributed by atoms with Crippen LogP contribution in [0.4, 0.5) is 5.82 Å². The number of nitrogen functional groups attached to an aromatic ring is 1. The van der Waals surface area contributed by atoms with Crippen molar-refractivity contribution in [2.24, 2.45) is 5.84 Å². The fourth-order valence-electron chi connectivity index (χ4n) is 2.86. The van der Waals surface area contributed by atoms with Crippen LogP contribution in [-0.4, -0.2) is 28.4 Å². The number of hydrogen-bond donors (Lipinski definition) is 2. The van der Waals surface area contributed by atoms with Gasteiger partial charge in [0.05, 0.1) is 0 Å². The van der Waals surface area contributed by atoms with E-state index >= 15 is 0 Å². The minimum atomic E-state index is 0.102. The van der Waals surface area contributed by atoms with Gasteiger partial charge in [-0.25, -0.2) is 10.8 Å². The summed E-state index contributed by atoms with van der Waals surface area (Å²) in [6, 6.07) is 4.02. The molecule has 3 N–H and O–H groups in total. The number of anilines is 1. The maximum absolute atomic E-state index is 12.7. The highest BCUT2D eigenvalue weighted by Crippen LogP contribution is 2.23. The normalized spacial score (nSPS) is 18.4. The second kappa shape index (κ2) is 6.70. The van der Waals surface area contributed by atoms with E-state index < -0.39 is 0 Å². The number of rotatable bonds is 5. The number of pyridine rings is 1. The summed E-state index contributed by atoms with van der Waals surface area (Å²) in [5, 5.41) is 0. The summed E-state index contributed by atoms with van der Waals surface area (Å²) in [5.74, 6) is 6.12. The number of nitrogens with zero attached hydrogens (tertiary/aromatic N) is 2. The number of aromatic nitrogens is 1. The molecule has 5 nitrogen and oxygen atoms in total. The van der Waals surface area contributed by atoms with Crippen LogP contribution in [-0.2, 0) is 6.42 Å². The fourth-order valence-corrected chi connectivity index (χ4v) is 2.86. The van der Waals surface area contributed by atoms with E-state index in [-0.39, 0.29) is 5.91 Å². The number of hydrazine groups is 1. The first-order valence-electron chi connectivity index (χ1n) is 7.48. The number of aryl methyl sites for hydroxylation is 1. The Balaban J connectivity index is 2.26. The molecule has 110 valence electrons. The molecule has 1 saturated heterocycles. The average molecular weight is 276 g/mol. The van der Waals surface area contributed by atoms with Crippen LogP contribution in [0.5, 0.6) is 0 Å². The van der Waals surface area contributed by atoms with Crippen LogP contribution in [0.1, 0.15) is 55.6 Å². The molecule has 0 aliphatic carbocycles. The van der Waals surface area contributed by atoms with Crippen LogP contribution >= 0.6 is 0 Å². The largest absolute Gasteiger partial charge is 0.336 e. The van der Waals surface area contributed by atoms with Crippen LogP contribution in [0.15, 0.2) is 12.1 Å². The van der Waals surface area contributed by atoms with E-state index in [1.165, 1.54) is 0 Å². The third-order valence-corrected chi connectivity index (χ3v) is 3.89. The standard InChI is InChI=1S/C15H24N4O/c1-3-6-12-9-11(10-14(17-12)18-16)15(20)19-8-5-7-13(19)4-2/h9-10,13H,3-8,16H2,1-2H3,(H,17,18). The molecule has 0 bridgehead atoms. The third-order valence-electron chi connectivity index (χ3n) is 3.89. The summed E-state index contributed by atoms with van der Waals surface area (Å²) < 4.78 is 0. The zero-order valence-corrected chi connectivity index (χ0v) is 12.4. The molecule has 1 aliphatic heterocycles. The molecule has 1 amide bonds. The van der Waals surface area contributed by atoms with Crippen molar-refractivity contribution in [2.75, 3.05) is 12.0 Å². The minimum Gasteiger partial charge on any atom is -0.336 e. The second-order valence-corrected chi connectivity index (χ2v) is 5.33. The van der Waals surface area contributed by atoms with Crippen LogP contribution in [0.3, 0.4) is 0 Å². The monoisotopic (exact) mass is 276 g/mol. The summed E-state index contributed by atoms with van der Waals surface area (Å²) in [5.41, 5.74) is 4.16. The van der Waals surface area contributed by atoms with Crippen molar-refractivity contribution in [3.8, 4) is 0 Å². The topological polar surface area (TPSA) is 71.2 Å². The smallest absolute Gasteiger partial charge is 0.254 e. The Morgan fingerprint density at radius 2 is 2.30 bits per heavy atom. The first-order valence-corrected chi connectivity index (χ1v) is 7.48. The highest BCUT2D eigenvalue weighted by atomic mass is 16.2. The van der Waals surface area contributed by atoms with Gasteiger partial charge in [0.1, 0.15) is 5.82 Å². The molecule has 0 spiro atoms. The average Bonchev–Trinajstić information content (AvgIpc) is 2.94. The number of likely N-dealkylation sites (tertiary alicyclic amines) is 1. The first kappa shape index (κ1) is 14.8. The molecular formula is C15H24N4O. The lowest BCUT2D eigenvalue weighted by molar-refractivity contribution is 0.0733. The van der Waals surface area contributed by atoms with Crippen LogP contribution in [0.25, 0.3) is 0 Å². The second-order valence-electron chi connectivity index (χ2n) is 5.33. The molecule has 0 saturated carbocycles. The zero-order valence-electron chi connectivity index (χ0n) is 12.4. The number of nitrogens with one attached hydrogen (secondary N) is 1. The number of carbonyl (C=O) groups is 1. The summed E-state index contributed by atoms with van der Waals surface area (Å²) in [4.78, 5) is 19.0. The van der Waals surface area contributed by atoms with Gasteiger partial charge in [-0.3, -0.25) is 4.79 Å². The van der Waals surface area contributed by atoms with Gasteiger partial charge in [-0.2, -0.15) is 0 Å². The maximum Gasteiger partial charge on any atom is 0.254 e. The van der Waals surface area contributed by atoms with Crippen molar-refractivity contribution in [1.82, 2.24) is 9.88 Å². The van der Waals surface area contributed by atoms with Crippen molar-refractivity contribution >= 4 is 11.7 Å². The summed E-state index contributed by atoms with van der Waals surface area (Å²) in [6.07, 6.45) is 5.07. The molecule has 1 aromatic heterocycles. The maximum atomic E-state index is 12.7. The predicted molar refractivity (Wildman–Crippen MR) is 80.4 cm³/mol. The van der Waals surface area contributed by atoms with Crippen molar-refractivity contribution in [1.29, 1.82) is 0 Å². The van der Waals surface area contributed by atoms with E-state index in [4.69, 9.17) is 5.84 Å². The van der Waals surface area contributed by atoms with E-state index in [2.05, 4.69) is 24.3 Å². The van der Waals surface area contributed by atoms with E-state index in [1.807, 2.05) is 11.0 Å². The van der Waals surface area contributed by atoms with E-state index in [0.717, 1.165) is 44.3 Å². The van der Waals surface area contributed by atoms with Crippen molar-refractivity contribution in [2.45, 2.75) is 52.0 Å². The van der Waals surface area contributed by atoms with Gasteiger partial charge in [0.15, 0.2) is 0 Å². The summed E-state index contributed by atoms with van der Waals surface area (Å²) >= 11 is 0. The van der Waals surface area contributed by atoms with Crippen molar-refractivity contribution < 1.29 is 4.79 Å². The van der Waals surface area contributed by atoms with Gasteiger partial charge in [-0.15, -0.1) is 0 Å². The molecule has 2 rings (SSSR count). The van der Waals surface area contributed by atoms with Gasteiger partial charge >= 0.3 is 0 Å². The Kier molecular flexibility index (Phi) is 4.95. The first-order chi connectivity index (χ1) is 9.69. The lowest BCUT2D eigenvalue weighted by Crippen LogP contribution is -2.35. The number of hydrogen-bond acceptors (Lipinski definition) is 4.